The second kappa shape index (κ2) is 8.03. The zero-order valence-corrected chi connectivity index (χ0v) is 15.4. The van der Waals surface area contributed by atoms with Crippen LogP contribution in [0.1, 0.15) is 6.92 Å². The molecule has 4 rings (SSSR count). The third kappa shape index (κ3) is 4.12. The van der Waals surface area contributed by atoms with E-state index >= 15 is 0 Å². The van der Waals surface area contributed by atoms with Crippen LogP contribution in [-0.4, -0.2) is 11.4 Å². The van der Waals surface area contributed by atoms with Crippen molar-refractivity contribution in [2.24, 2.45) is 9.98 Å². The molecule has 0 N–H and O–H groups in total. The number of rotatable bonds is 1. The first-order valence-corrected chi connectivity index (χ1v) is 7.96. The maximum absolute atomic E-state index is 4.20. The Morgan fingerprint density at radius 2 is 1.43 bits per heavy atom. The Bertz CT molecular complexity index is 674. The monoisotopic (exact) mass is 393 g/mol. The molecule has 0 amide bonds. The predicted molar refractivity (Wildman–Crippen MR) is 76.0 cm³/mol. The second-order valence-corrected chi connectivity index (χ2v) is 5.51. The van der Waals surface area contributed by atoms with E-state index in [0.717, 1.165) is 11.4 Å². The molecule has 0 bridgehead atoms. The van der Waals surface area contributed by atoms with Crippen molar-refractivity contribution in [3.8, 4) is 0 Å². The molecule has 0 aromatic carbocycles. The molecule has 0 aromatic rings. The molecule has 2 aliphatic carbocycles. The van der Waals surface area contributed by atoms with E-state index in [1.54, 1.807) is 24.7 Å². The SMILES string of the molecule is CC1=CC2=NC=CC2=C1.[Cl-].[Cl-].[Zr+2][CH2]C1=CC2=NC=CC2=C1. The van der Waals surface area contributed by atoms with Crippen LogP contribution < -0.4 is 24.8 Å². The zero-order chi connectivity index (χ0) is 13.2. The third-order valence-corrected chi connectivity index (χ3v) is 4.15. The van der Waals surface area contributed by atoms with Gasteiger partial charge < -0.3 is 24.8 Å². The van der Waals surface area contributed by atoms with E-state index in [1.807, 2.05) is 18.5 Å². The number of nitrogens with zero attached hydrogens (tertiary/aromatic N) is 2. The fourth-order valence-electron chi connectivity index (χ4n) is 2.22. The van der Waals surface area contributed by atoms with Gasteiger partial charge in [-0.25, -0.2) is 0 Å². The van der Waals surface area contributed by atoms with Gasteiger partial charge in [0.15, 0.2) is 0 Å². The molecule has 0 aromatic heterocycles. The van der Waals surface area contributed by atoms with E-state index < -0.39 is 0 Å². The first kappa shape index (κ1) is 18.3. The molecule has 105 valence electrons. The van der Waals surface area contributed by atoms with Gasteiger partial charge in [0.25, 0.3) is 0 Å². The van der Waals surface area contributed by atoms with Crippen molar-refractivity contribution in [3.63, 3.8) is 0 Å². The summed E-state index contributed by atoms with van der Waals surface area (Å²) in [7, 11) is 0. The summed E-state index contributed by atoms with van der Waals surface area (Å²) in [6, 6.07) is 0. The Morgan fingerprint density at radius 1 is 0.857 bits per heavy atom. The Kier molecular flexibility index (Phi) is 6.99. The molecule has 5 heteroatoms. The molecular weight excluding hydrogens is 382 g/mol. The van der Waals surface area contributed by atoms with Gasteiger partial charge in [-0.15, -0.1) is 0 Å². The number of hydrogen-bond donors (Lipinski definition) is 0. The van der Waals surface area contributed by atoms with E-state index in [-0.39, 0.29) is 24.8 Å². The number of halogens is 2. The number of allylic oxidation sites excluding steroid dienone is 10. The van der Waals surface area contributed by atoms with Crippen LogP contribution in [0.5, 0.6) is 0 Å². The molecule has 0 radical (unpaired) electrons. The molecule has 2 aliphatic heterocycles. The van der Waals surface area contributed by atoms with E-state index in [4.69, 9.17) is 0 Å². The average molecular weight is 395 g/mol. The van der Waals surface area contributed by atoms with Gasteiger partial charge >= 0.3 is 75.1 Å². The fraction of sp³-hybridized carbons (Fsp3) is 0.125. The molecule has 0 saturated carbocycles. The van der Waals surface area contributed by atoms with E-state index in [1.165, 1.54) is 26.4 Å². The van der Waals surface area contributed by atoms with Crippen molar-refractivity contribution in [1.29, 1.82) is 0 Å². The van der Waals surface area contributed by atoms with Crippen molar-refractivity contribution in [3.05, 3.63) is 71.1 Å². The van der Waals surface area contributed by atoms with Crippen LogP contribution in [0.2, 0.25) is 4.13 Å². The van der Waals surface area contributed by atoms with E-state index in [2.05, 4.69) is 47.3 Å². The van der Waals surface area contributed by atoms with Gasteiger partial charge in [0.05, 0.1) is 5.71 Å². The number of fused-ring (bicyclic) bond motifs is 2. The van der Waals surface area contributed by atoms with Crippen LogP contribution in [0.3, 0.4) is 0 Å². The molecule has 0 atom stereocenters. The molecule has 0 unspecified atom stereocenters. The molecule has 0 saturated heterocycles. The first-order chi connectivity index (χ1) is 9.26. The molecule has 0 fully saturated rings. The fourth-order valence-corrected chi connectivity index (χ4v) is 2.72. The molecule has 0 spiro atoms. The van der Waals surface area contributed by atoms with Crippen LogP contribution in [0.25, 0.3) is 0 Å². The average Bonchev–Trinajstić information content (AvgIpc) is 3.06. The van der Waals surface area contributed by atoms with E-state index in [0.29, 0.717) is 0 Å². The van der Waals surface area contributed by atoms with Crippen LogP contribution in [0, 0.1) is 0 Å². The van der Waals surface area contributed by atoms with Crippen LogP contribution in [-0.2, 0) is 24.7 Å². The summed E-state index contributed by atoms with van der Waals surface area (Å²) < 4.78 is 1.20. The molecule has 2 nitrogen and oxygen atoms in total. The van der Waals surface area contributed by atoms with Gasteiger partial charge in [-0.2, -0.15) is 0 Å². The topological polar surface area (TPSA) is 24.7 Å². The summed E-state index contributed by atoms with van der Waals surface area (Å²) in [6.07, 6.45) is 16.4. The quantitative estimate of drug-likeness (QED) is 0.475. The zero-order valence-electron chi connectivity index (χ0n) is 11.5. The summed E-state index contributed by atoms with van der Waals surface area (Å²) in [6.45, 7) is 2.08. The summed E-state index contributed by atoms with van der Waals surface area (Å²) in [5.74, 6) is 0. The minimum absolute atomic E-state index is 0. The Morgan fingerprint density at radius 3 is 1.95 bits per heavy atom. The second-order valence-electron chi connectivity index (χ2n) is 4.64. The summed E-state index contributed by atoms with van der Waals surface area (Å²) in [4.78, 5) is 8.34. The van der Waals surface area contributed by atoms with Gasteiger partial charge in [0.1, 0.15) is 0 Å². The third-order valence-electron chi connectivity index (χ3n) is 3.14. The Balaban J connectivity index is 0.000000192. The Hall–Kier alpha value is -0.757. The van der Waals surface area contributed by atoms with Crippen molar-refractivity contribution >= 4 is 11.4 Å². The van der Waals surface area contributed by atoms with Crippen molar-refractivity contribution in [2.75, 3.05) is 0 Å². The van der Waals surface area contributed by atoms with E-state index in [9.17, 15) is 0 Å². The molecular formula is C16H13Cl2N2Zr. The van der Waals surface area contributed by atoms with Crippen molar-refractivity contribution in [1.82, 2.24) is 0 Å². The number of aliphatic imine (C=N–C) groups is 2. The van der Waals surface area contributed by atoms with Gasteiger partial charge in [-0.3, -0.25) is 4.99 Å². The summed E-state index contributed by atoms with van der Waals surface area (Å²) >= 11 is 1.57. The predicted octanol–water partition coefficient (Wildman–Crippen LogP) is -2.36. The van der Waals surface area contributed by atoms with Crippen molar-refractivity contribution < 1.29 is 49.5 Å². The van der Waals surface area contributed by atoms with Crippen molar-refractivity contribution in [2.45, 2.75) is 11.1 Å². The normalized spacial score (nSPS) is 18.8. The number of hydrogen-bond acceptors (Lipinski definition) is 2. The van der Waals surface area contributed by atoms with Crippen LogP contribution in [0.15, 0.2) is 81.1 Å². The minimum atomic E-state index is 0. The van der Waals surface area contributed by atoms with Gasteiger partial charge in [0, 0.05) is 11.8 Å². The Labute approximate surface area is 152 Å². The van der Waals surface area contributed by atoms with Gasteiger partial charge in [0.2, 0.25) is 0 Å². The molecule has 21 heavy (non-hydrogen) atoms. The first-order valence-electron chi connectivity index (χ1n) is 6.22. The standard InChI is InChI=1S/C8H7N.C8H6N.2ClH.Zr/c2*1-6-4-7-2-3-9-8(7)5-6;;;/h2-5H,1H3;2-5H,1H2;2*1H;/q;;;;+2/p-2. The maximum atomic E-state index is 4.20. The summed E-state index contributed by atoms with van der Waals surface area (Å²) in [5, 5.41) is 0. The van der Waals surface area contributed by atoms with Gasteiger partial charge in [-0.05, 0) is 30.7 Å². The molecule has 4 aliphatic rings. The molecule has 2 heterocycles. The van der Waals surface area contributed by atoms with Crippen LogP contribution >= 0.6 is 0 Å². The van der Waals surface area contributed by atoms with Gasteiger partial charge in [-0.1, -0.05) is 0 Å². The van der Waals surface area contributed by atoms with Crippen LogP contribution in [0.4, 0.5) is 0 Å². The summed E-state index contributed by atoms with van der Waals surface area (Å²) in [5.41, 5.74) is 7.54.